The van der Waals surface area contributed by atoms with Gasteiger partial charge >= 0.3 is 0 Å². The molecule has 7 heteroatoms. The highest BCUT2D eigenvalue weighted by atomic mass is 32.1. The number of amides is 2. The van der Waals surface area contributed by atoms with E-state index in [1.807, 2.05) is 40.5 Å². The van der Waals surface area contributed by atoms with Crippen molar-refractivity contribution in [3.63, 3.8) is 0 Å². The molecule has 6 nitrogen and oxygen atoms in total. The molecule has 2 aromatic rings. The van der Waals surface area contributed by atoms with Crippen molar-refractivity contribution in [3.8, 4) is 5.75 Å². The molecule has 4 rings (SSSR count). The summed E-state index contributed by atoms with van der Waals surface area (Å²) in [7, 11) is 1.64. The van der Waals surface area contributed by atoms with Crippen LogP contribution in [-0.4, -0.2) is 54.9 Å². The molecule has 2 saturated heterocycles. The molecule has 0 aliphatic carbocycles. The van der Waals surface area contributed by atoms with Gasteiger partial charge in [-0.25, -0.2) is 0 Å². The van der Waals surface area contributed by atoms with Crippen LogP contribution in [0.1, 0.15) is 55.5 Å². The lowest BCUT2D eigenvalue weighted by molar-refractivity contribution is -0.129. The molecule has 3 heterocycles. The minimum atomic E-state index is -0.350. The number of rotatable bonds is 10. The van der Waals surface area contributed by atoms with Gasteiger partial charge in [-0.3, -0.25) is 14.5 Å². The standard InChI is InChI=1S/C27H37N3O3S/c1-3-4-13-30-25(31)17-24(26(30)21-7-9-22(33-2)10-8-21)27(32)28-18-20-11-14-29(15-12-20)19-23-6-5-16-34-23/h5-10,16,20,24,26H,3-4,11-15,17-19H2,1-2H3,(H,28,32). The molecule has 34 heavy (non-hydrogen) atoms. The number of nitrogens with zero attached hydrogens (tertiary/aromatic N) is 2. The van der Waals surface area contributed by atoms with Crippen LogP contribution in [0.5, 0.6) is 5.75 Å². The molecular weight excluding hydrogens is 446 g/mol. The van der Waals surface area contributed by atoms with E-state index in [0.29, 0.717) is 19.0 Å². The van der Waals surface area contributed by atoms with E-state index < -0.39 is 0 Å². The summed E-state index contributed by atoms with van der Waals surface area (Å²) in [6, 6.07) is 11.9. The lowest BCUT2D eigenvalue weighted by Gasteiger charge is -2.32. The zero-order valence-electron chi connectivity index (χ0n) is 20.4. The Labute approximate surface area is 207 Å². The highest BCUT2D eigenvalue weighted by Gasteiger charge is 2.44. The Balaban J connectivity index is 1.35. The number of hydrogen-bond donors (Lipinski definition) is 1. The molecule has 2 fully saturated rings. The Morgan fingerprint density at radius 1 is 1.18 bits per heavy atom. The number of carbonyl (C=O) groups is 2. The molecule has 0 saturated carbocycles. The van der Waals surface area contributed by atoms with Crippen LogP contribution in [0.15, 0.2) is 41.8 Å². The van der Waals surface area contributed by atoms with E-state index in [1.54, 1.807) is 7.11 Å². The van der Waals surface area contributed by atoms with Gasteiger partial charge in [0, 0.05) is 30.9 Å². The van der Waals surface area contributed by atoms with Gasteiger partial charge in [0.25, 0.3) is 0 Å². The Morgan fingerprint density at radius 2 is 1.94 bits per heavy atom. The number of benzene rings is 1. The minimum absolute atomic E-state index is 0.00850. The average molecular weight is 484 g/mol. The third-order valence-electron chi connectivity index (χ3n) is 7.21. The number of thiophene rings is 1. The average Bonchev–Trinajstić information content (AvgIpc) is 3.49. The molecule has 1 aromatic heterocycles. The van der Waals surface area contributed by atoms with Crippen LogP contribution in [-0.2, 0) is 16.1 Å². The van der Waals surface area contributed by atoms with Crippen LogP contribution in [0, 0.1) is 11.8 Å². The van der Waals surface area contributed by atoms with Gasteiger partial charge in [0.15, 0.2) is 0 Å². The summed E-state index contributed by atoms with van der Waals surface area (Å²) in [5.41, 5.74) is 1.00. The first-order valence-corrected chi connectivity index (χ1v) is 13.4. The third kappa shape index (κ3) is 5.99. The van der Waals surface area contributed by atoms with Gasteiger partial charge in [0.05, 0.1) is 19.1 Å². The van der Waals surface area contributed by atoms with Crippen molar-refractivity contribution in [3.05, 3.63) is 52.2 Å². The Bertz CT molecular complexity index is 923. The fraction of sp³-hybridized carbons (Fsp3) is 0.556. The molecule has 2 aliphatic rings. The number of piperidine rings is 1. The Kier molecular flexibility index (Phi) is 8.62. The third-order valence-corrected chi connectivity index (χ3v) is 8.07. The molecule has 2 atom stereocenters. The second-order valence-electron chi connectivity index (χ2n) is 9.51. The van der Waals surface area contributed by atoms with Crippen molar-refractivity contribution in [2.45, 2.75) is 51.6 Å². The second-order valence-corrected chi connectivity index (χ2v) is 10.5. The molecule has 2 unspecified atom stereocenters. The Morgan fingerprint density at radius 3 is 2.59 bits per heavy atom. The summed E-state index contributed by atoms with van der Waals surface area (Å²) in [6.07, 6.45) is 4.43. The van der Waals surface area contributed by atoms with Crippen molar-refractivity contribution < 1.29 is 14.3 Å². The first kappa shape index (κ1) is 24.7. The SMILES string of the molecule is CCCCN1C(=O)CC(C(=O)NCC2CCN(Cc3cccs3)CC2)C1c1ccc(OC)cc1. The van der Waals surface area contributed by atoms with Crippen molar-refractivity contribution >= 4 is 23.2 Å². The maximum atomic E-state index is 13.3. The number of ether oxygens (including phenoxy) is 1. The molecule has 184 valence electrons. The minimum Gasteiger partial charge on any atom is -0.497 e. The van der Waals surface area contributed by atoms with Gasteiger partial charge in [-0.15, -0.1) is 11.3 Å². The molecule has 2 amide bonds. The smallest absolute Gasteiger partial charge is 0.226 e. The predicted molar refractivity (Wildman–Crippen MR) is 136 cm³/mol. The van der Waals surface area contributed by atoms with Crippen molar-refractivity contribution in [2.24, 2.45) is 11.8 Å². The van der Waals surface area contributed by atoms with E-state index >= 15 is 0 Å². The fourth-order valence-corrected chi connectivity index (χ4v) is 5.92. The van der Waals surface area contributed by atoms with Crippen LogP contribution in [0.3, 0.4) is 0 Å². The van der Waals surface area contributed by atoms with E-state index in [4.69, 9.17) is 4.74 Å². The van der Waals surface area contributed by atoms with Crippen molar-refractivity contribution in [1.29, 1.82) is 0 Å². The molecule has 1 aromatic carbocycles. The quantitative estimate of drug-likeness (QED) is 0.542. The van der Waals surface area contributed by atoms with Gasteiger partial charge < -0.3 is 15.0 Å². The summed E-state index contributed by atoms with van der Waals surface area (Å²) in [4.78, 5) is 32.0. The van der Waals surface area contributed by atoms with E-state index in [9.17, 15) is 9.59 Å². The van der Waals surface area contributed by atoms with E-state index in [2.05, 4.69) is 34.7 Å². The number of methoxy groups -OCH3 is 1. The van der Waals surface area contributed by atoms with Gasteiger partial charge in [0.2, 0.25) is 11.8 Å². The van der Waals surface area contributed by atoms with Gasteiger partial charge in [0.1, 0.15) is 5.75 Å². The first-order valence-electron chi connectivity index (χ1n) is 12.5. The number of carbonyl (C=O) groups excluding carboxylic acids is 2. The lowest BCUT2D eigenvalue weighted by Crippen LogP contribution is -2.41. The number of hydrogen-bond acceptors (Lipinski definition) is 5. The van der Waals surface area contributed by atoms with E-state index in [1.165, 1.54) is 4.88 Å². The fourth-order valence-electron chi connectivity index (χ4n) is 5.18. The second kappa shape index (κ2) is 11.8. The zero-order chi connectivity index (χ0) is 23.9. The summed E-state index contributed by atoms with van der Waals surface area (Å²) < 4.78 is 5.30. The molecule has 0 spiro atoms. The van der Waals surface area contributed by atoms with Crippen LogP contribution in [0.2, 0.25) is 0 Å². The molecule has 0 radical (unpaired) electrons. The molecule has 1 N–H and O–H groups in total. The maximum Gasteiger partial charge on any atom is 0.226 e. The maximum absolute atomic E-state index is 13.3. The summed E-state index contributed by atoms with van der Waals surface area (Å²) >= 11 is 1.81. The number of unbranched alkanes of at least 4 members (excludes halogenated alkanes) is 1. The van der Waals surface area contributed by atoms with Crippen LogP contribution in [0.4, 0.5) is 0 Å². The summed E-state index contributed by atoms with van der Waals surface area (Å²) in [5, 5.41) is 5.35. The molecule has 0 bridgehead atoms. The largest absolute Gasteiger partial charge is 0.497 e. The van der Waals surface area contributed by atoms with Crippen molar-refractivity contribution in [1.82, 2.24) is 15.1 Å². The summed E-state index contributed by atoms with van der Waals surface area (Å²) in [5.74, 6) is 1.01. The number of likely N-dealkylation sites (tertiary alicyclic amines) is 2. The highest BCUT2D eigenvalue weighted by Crippen LogP contribution is 2.39. The zero-order valence-corrected chi connectivity index (χ0v) is 21.2. The van der Waals surface area contributed by atoms with Crippen LogP contribution >= 0.6 is 11.3 Å². The highest BCUT2D eigenvalue weighted by molar-refractivity contribution is 7.09. The number of nitrogens with one attached hydrogen (secondary N) is 1. The van der Waals surface area contributed by atoms with Crippen LogP contribution < -0.4 is 10.1 Å². The van der Waals surface area contributed by atoms with Gasteiger partial charge in [-0.1, -0.05) is 31.5 Å². The topological polar surface area (TPSA) is 61.9 Å². The predicted octanol–water partition coefficient (Wildman–Crippen LogP) is 4.47. The lowest BCUT2D eigenvalue weighted by atomic mass is 9.91. The normalized spacial score (nSPS) is 21.7. The van der Waals surface area contributed by atoms with Gasteiger partial charge in [-0.2, -0.15) is 0 Å². The van der Waals surface area contributed by atoms with Crippen molar-refractivity contribution in [2.75, 3.05) is 33.3 Å². The monoisotopic (exact) mass is 483 g/mol. The van der Waals surface area contributed by atoms with Crippen LogP contribution in [0.25, 0.3) is 0 Å². The first-order chi connectivity index (χ1) is 16.6. The van der Waals surface area contributed by atoms with Gasteiger partial charge in [-0.05, 0) is 67.4 Å². The molecular formula is C27H37N3O3S. The molecule has 2 aliphatic heterocycles. The summed E-state index contributed by atoms with van der Waals surface area (Å²) in [6.45, 7) is 6.68. The van der Waals surface area contributed by atoms with E-state index in [-0.39, 0.29) is 30.2 Å². The van der Waals surface area contributed by atoms with E-state index in [0.717, 1.165) is 56.6 Å². The Hall–Kier alpha value is -2.38.